The number of rotatable bonds is 1. The topological polar surface area (TPSA) is 26.3 Å². The number of hydrogen-bond acceptors (Lipinski definition) is 3. The standard InChI is InChI=1S/C11H10O2S/c1-7-6-8-4-3-5-9(13-2)10(12)11(8)14-7/h3-6H,1-2H3. The quantitative estimate of drug-likeness (QED) is 0.716. The van der Waals surface area contributed by atoms with Gasteiger partial charge in [0.1, 0.15) is 0 Å². The van der Waals surface area contributed by atoms with Gasteiger partial charge in [0.15, 0.2) is 5.75 Å². The van der Waals surface area contributed by atoms with Crippen LogP contribution in [0.15, 0.2) is 29.1 Å². The Balaban J connectivity index is 2.93. The zero-order chi connectivity index (χ0) is 10.1. The predicted octanol–water partition coefficient (Wildman–Crippen LogP) is 2.58. The van der Waals surface area contributed by atoms with E-state index in [-0.39, 0.29) is 5.43 Å². The highest BCUT2D eigenvalue weighted by molar-refractivity contribution is 7.18. The average Bonchev–Trinajstić information content (AvgIpc) is 2.47. The zero-order valence-corrected chi connectivity index (χ0v) is 8.85. The molecule has 14 heavy (non-hydrogen) atoms. The molecule has 0 aliphatic rings. The minimum absolute atomic E-state index is 0.0226. The SMILES string of the molecule is COc1cccc2cc(C)sc2c1=O. The maximum atomic E-state index is 11.9. The predicted molar refractivity (Wildman–Crippen MR) is 59.4 cm³/mol. The highest BCUT2D eigenvalue weighted by Crippen LogP contribution is 2.22. The van der Waals surface area contributed by atoms with Crippen molar-refractivity contribution in [1.82, 2.24) is 0 Å². The Hall–Kier alpha value is -1.35. The molecule has 1 aromatic heterocycles. The van der Waals surface area contributed by atoms with Crippen LogP contribution in [0.3, 0.4) is 0 Å². The number of fused-ring (bicyclic) bond motifs is 1. The molecule has 0 fully saturated rings. The van der Waals surface area contributed by atoms with Crippen LogP contribution in [0.5, 0.6) is 5.75 Å². The summed E-state index contributed by atoms with van der Waals surface area (Å²) in [6, 6.07) is 7.49. The molecule has 1 heterocycles. The lowest BCUT2D eigenvalue weighted by Gasteiger charge is -1.91. The van der Waals surface area contributed by atoms with Crippen LogP contribution in [0.1, 0.15) is 4.88 Å². The van der Waals surface area contributed by atoms with Crippen molar-refractivity contribution >= 4 is 21.4 Å². The Labute approximate surface area is 85.8 Å². The van der Waals surface area contributed by atoms with Crippen molar-refractivity contribution in [3.8, 4) is 5.75 Å². The van der Waals surface area contributed by atoms with Gasteiger partial charge in [0.2, 0.25) is 5.43 Å². The lowest BCUT2D eigenvalue weighted by Crippen LogP contribution is -2.00. The van der Waals surface area contributed by atoms with Gasteiger partial charge in [-0.2, -0.15) is 0 Å². The van der Waals surface area contributed by atoms with E-state index in [2.05, 4.69) is 0 Å². The molecular weight excluding hydrogens is 196 g/mol. The van der Waals surface area contributed by atoms with Gasteiger partial charge in [0.05, 0.1) is 11.8 Å². The van der Waals surface area contributed by atoms with E-state index >= 15 is 0 Å². The van der Waals surface area contributed by atoms with Crippen LogP contribution in [0.4, 0.5) is 0 Å². The van der Waals surface area contributed by atoms with Crippen LogP contribution in [-0.2, 0) is 0 Å². The van der Waals surface area contributed by atoms with Gasteiger partial charge in [-0.15, -0.1) is 11.3 Å². The van der Waals surface area contributed by atoms with Gasteiger partial charge in [-0.1, -0.05) is 12.1 Å². The van der Waals surface area contributed by atoms with E-state index in [1.54, 1.807) is 6.07 Å². The fourth-order valence-corrected chi connectivity index (χ4v) is 2.37. The molecule has 72 valence electrons. The monoisotopic (exact) mass is 206 g/mol. The molecule has 0 aliphatic carbocycles. The molecule has 0 unspecified atom stereocenters. The van der Waals surface area contributed by atoms with E-state index in [4.69, 9.17) is 4.74 Å². The van der Waals surface area contributed by atoms with Gasteiger partial charge in [0, 0.05) is 4.88 Å². The van der Waals surface area contributed by atoms with Crippen molar-refractivity contribution in [3.05, 3.63) is 39.4 Å². The smallest absolute Gasteiger partial charge is 0.238 e. The van der Waals surface area contributed by atoms with Crippen LogP contribution in [0.2, 0.25) is 0 Å². The van der Waals surface area contributed by atoms with E-state index in [9.17, 15) is 4.79 Å². The second kappa shape index (κ2) is 3.42. The summed E-state index contributed by atoms with van der Waals surface area (Å²) in [6.07, 6.45) is 0. The van der Waals surface area contributed by atoms with Gasteiger partial charge in [-0.25, -0.2) is 0 Å². The molecule has 0 aliphatic heterocycles. The number of hydrogen-bond donors (Lipinski definition) is 0. The minimum atomic E-state index is -0.0226. The van der Waals surface area contributed by atoms with E-state index in [1.807, 2.05) is 25.1 Å². The summed E-state index contributed by atoms with van der Waals surface area (Å²) < 4.78 is 5.78. The van der Waals surface area contributed by atoms with Gasteiger partial charge < -0.3 is 4.74 Å². The van der Waals surface area contributed by atoms with Crippen LogP contribution in [0, 0.1) is 6.92 Å². The normalized spacial score (nSPS) is 10.4. The van der Waals surface area contributed by atoms with Gasteiger partial charge in [0.25, 0.3) is 0 Å². The van der Waals surface area contributed by atoms with Gasteiger partial charge >= 0.3 is 0 Å². The summed E-state index contributed by atoms with van der Waals surface area (Å²) in [5.41, 5.74) is -0.0226. The minimum Gasteiger partial charge on any atom is -0.493 e. The number of methoxy groups -OCH3 is 1. The molecule has 1 aromatic carbocycles. The van der Waals surface area contributed by atoms with Crippen molar-refractivity contribution in [2.45, 2.75) is 6.92 Å². The zero-order valence-electron chi connectivity index (χ0n) is 8.03. The summed E-state index contributed by atoms with van der Waals surface area (Å²) in [7, 11) is 1.52. The highest BCUT2D eigenvalue weighted by atomic mass is 32.1. The maximum Gasteiger partial charge on any atom is 0.238 e. The molecule has 0 atom stereocenters. The largest absolute Gasteiger partial charge is 0.493 e. The summed E-state index contributed by atoms with van der Waals surface area (Å²) in [6.45, 7) is 2.00. The lowest BCUT2D eigenvalue weighted by molar-refractivity contribution is 0.412. The Morgan fingerprint density at radius 2 is 2.14 bits per heavy atom. The Morgan fingerprint density at radius 3 is 2.86 bits per heavy atom. The first kappa shape index (κ1) is 9.21. The number of aryl methyl sites for hydroxylation is 1. The lowest BCUT2D eigenvalue weighted by atomic mass is 10.3. The number of ether oxygens (including phenoxy) is 1. The van der Waals surface area contributed by atoms with Gasteiger partial charge in [-0.05, 0) is 24.4 Å². The number of thiophene rings is 1. The van der Waals surface area contributed by atoms with Crippen molar-refractivity contribution in [2.75, 3.05) is 7.11 Å². The molecule has 2 rings (SSSR count). The van der Waals surface area contributed by atoms with Crippen molar-refractivity contribution in [2.24, 2.45) is 0 Å². The highest BCUT2D eigenvalue weighted by Gasteiger charge is 2.04. The molecule has 2 nitrogen and oxygen atoms in total. The third-order valence-corrected chi connectivity index (χ3v) is 3.12. The van der Waals surface area contributed by atoms with Crippen molar-refractivity contribution in [1.29, 1.82) is 0 Å². The van der Waals surface area contributed by atoms with E-state index in [0.717, 1.165) is 15.0 Å². The molecule has 0 saturated heterocycles. The molecule has 3 heteroatoms. The molecule has 0 spiro atoms. The molecule has 0 radical (unpaired) electrons. The van der Waals surface area contributed by atoms with E-state index in [1.165, 1.54) is 18.4 Å². The average molecular weight is 206 g/mol. The van der Waals surface area contributed by atoms with Crippen LogP contribution in [0.25, 0.3) is 10.1 Å². The van der Waals surface area contributed by atoms with E-state index < -0.39 is 0 Å². The summed E-state index contributed by atoms with van der Waals surface area (Å²) >= 11 is 1.51. The molecule has 2 aromatic rings. The summed E-state index contributed by atoms with van der Waals surface area (Å²) in [5, 5.41) is 0.987. The first-order chi connectivity index (χ1) is 6.72. The third-order valence-electron chi connectivity index (χ3n) is 2.06. The second-order valence-electron chi connectivity index (χ2n) is 3.06. The molecule has 0 amide bonds. The second-order valence-corrected chi connectivity index (χ2v) is 4.32. The first-order valence-electron chi connectivity index (χ1n) is 4.30. The first-order valence-corrected chi connectivity index (χ1v) is 5.11. The van der Waals surface area contributed by atoms with E-state index in [0.29, 0.717) is 5.75 Å². The third kappa shape index (κ3) is 1.40. The van der Waals surface area contributed by atoms with Crippen molar-refractivity contribution < 1.29 is 4.74 Å². The fourth-order valence-electron chi connectivity index (χ4n) is 1.42. The Kier molecular flexibility index (Phi) is 2.25. The molecule has 0 bridgehead atoms. The molecule has 0 N–H and O–H groups in total. The molecular formula is C11H10O2S. The van der Waals surface area contributed by atoms with Crippen LogP contribution in [-0.4, -0.2) is 7.11 Å². The van der Waals surface area contributed by atoms with Crippen LogP contribution < -0.4 is 10.2 Å². The van der Waals surface area contributed by atoms with Gasteiger partial charge in [-0.3, -0.25) is 4.79 Å². The Bertz CT molecular complexity index is 528. The Morgan fingerprint density at radius 1 is 1.36 bits per heavy atom. The summed E-state index contributed by atoms with van der Waals surface area (Å²) in [4.78, 5) is 13.0. The maximum absolute atomic E-state index is 11.9. The van der Waals surface area contributed by atoms with Crippen LogP contribution >= 0.6 is 11.3 Å². The fraction of sp³-hybridized carbons (Fsp3) is 0.182. The summed E-state index contributed by atoms with van der Waals surface area (Å²) in [5.74, 6) is 0.404. The molecule has 0 saturated carbocycles. The van der Waals surface area contributed by atoms with Crippen molar-refractivity contribution in [3.63, 3.8) is 0 Å².